The maximum Gasteiger partial charge on any atom is 0.277 e. The largest absolute Gasteiger partial charge is 0.481 e. The van der Waals surface area contributed by atoms with Crippen LogP contribution in [0.15, 0.2) is 41.5 Å². The van der Waals surface area contributed by atoms with Crippen LogP contribution in [0.5, 0.6) is 11.6 Å². The number of fused-ring (bicyclic) bond motifs is 3. The molecule has 0 saturated heterocycles. The number of rotatable bonds is 5. The van der Waals surface area contributed by atoms with Crippen LogP contribution in [0, 0.1) is 0 Å². The maximum absolute atomic E-state index is 12.7. The molecule has 0 fully saturated rings. The quantitative estimate of drug-likeness (QED) is 0.394. The van der Waals surface area contributed by atoms with E-state index in [-0.39, 0.29) is 42.5 Å². The first kappa shape index (κ1) is 24.5. The summed E-state index contributed by atoms with van der Waals surface area (Å²) in [6.07, 6.45) is 5.36. The molecule has 37 heavy (non-hydrogen) atoms. The minimum Gasteiger partial charge on any atom is -0.481 e. The summed E-state index contributed by atoms with van der Waals surface area (Å²) < 4.78 is 11.9. The fourth-order valence-corrected chi connectivity index (χ4v) is 4.41. The second-order valence-electron chi connectivity index (χ2n) is 8.58. The fourth-order valence-electron chi connectivity index (χ4n) is 4.41. The van der Waals surface area contributed by atoms with E-state index in [0.29, 0.717) is 35.2 Å². The molecule has 1 unspecified atom stereocenters. The SMILES string of the molecule is COc1ccc2ncc(=O)n(-c3ncc4c(n3)CCC(NCc3ccc5c(n3)NC(=O)CO5)C4)c2n1.Cl. The summed E-state index contributed by atoms with van der Waals surface area (Å²) in [4.78, 5) is 46.5. The molecule has 5 heterocycles. The number of ether oxygens (including phenoxy) is 2. The molecule has 13 heteroatoms. The van der Waals surface area contributed by atoms with Crippen LogP contribution >= 0.6 is 12.4 Å². The lowest BCUT2D eigenvalue weighted by Crippen LogP contribution is -2.35. The third kappa shape index (κ3) is 4.80. The molecule has 2 aliphatic rings. The highest BCUT2D eigenvalue weighted by molar-refractivity contribution is 5.94. The Morgan fingerprint density at radius 3 is 2.89 bits per heavy atom. The Bertz CT molecular complexity index is 1560. The predicted molar refractivity (Wildman–Crippen MR) is 136 cm³/mol. The minimum absolute atomic E-state index is 0. The number of hydrogen-bond acceptors (Lipinski definition) is 10. The Labute approximate surface area is 216 Å². The Kier molecular flexibility index (Phi) is 6.68. The maximum atomic E-state index is 12.7. The molecule has 4 aromatic rings. The lowest BCUT2D eigenvalue weighted by atomic mass is 9.93. The first-order chi connectivity index (χ1) is 17.6. The van der Waals surface area contributed by atoms with Crippen LogP contribution in [0.1, 0.15) is 23.4 Å². The summed E-state index contributed by atoms with van der Waals surface area (Å²) in [6, 6.07) is 7.35. The third-order valence-electron chi connectivity index (χ3n) is 6.23. The van der Waals surface area contributed by atoms with Gasteiger partial charge in [0.05, 0.1) is 19.0 Å². The second kappa shape index (κ2) is 10.1. The fraction of sp³-hybridized carbons (Fsp3) is 0.292. The van der Waals surface area contributed by atoms with Gasteiger partial charge in [-0.2, -0.15) is 4.98 Å². The topological polar surface area (TPSA) is 146 Å². The number of aromatic nitrogens is 6. The van der Waals surface area contributed by atoms with Crippen molar-refractivity contribution in [2.24, 2.45) is 0 Å². The molecular formula is C24H23ClN8O4. The third-order valence-corrected chi connectivity index (χ3v) is 6.23. The van der Waals surface area contributed by atoms with Crippen LogP contribution in [0.4, 0.5) is 5.82 Å². The molecule has 1 amide bonds. The van der Waals surface area contributed by atoms with Crippen molar-refractivity contribution in [3.63, 3.8) is 0 Å². The van der Waals surface area contributed by atoms with Crippen LogP contribution in [0.3, 0.4) is 0 Å². The summed E-state index contributed by atoms with van der Waals surface area (Å²) in [5.74, 6) is 1.46. The minimum atomic E-state index is -0.363. The van der Waals surface area contributed by atoms with Gasteiger partial charge in [-0.1, -0.05) is 0 Å². The first-order valence-electron chi connectivity index (χ1n) is 11.5. The summed E-state index contributed by atoms with van der Waals surface area (Å²) in [7, 11) is 1.51. The molecule has 1 atom stereocenters. The molecule has 4 aromatic heterocycles. The van der Waals surface area contributed by atoms with Crippen LogP contribution in [0.25, 0.3) is 17.1 Å². The van der Waals surface area contributed by atoms with Crippen molar-refractivity contribution in [3.8, 4) is 17.6 Å². The summed E-state index contributed by atoms with van der Waals surface area (Å²) in [6.45, 7) is 0.558. The van der Waals surface area contributed by atoms with Crippen molar-refractivity contribution in [3.05, 3.63) is 64.0 Å². The van der Waals surface area contributed by atoms with Crippen molar-refractivity contribution in [2.75, 3.05) is 19.0 Å². The van der Waals surface area contributed by atoms with E-state index in [1.807, 2.05) is 12.1 Å². The predicted octanol–water partition coefficient (Wildman–Crippen LogP) is 1.37. The number of hydrogen-bond donors (Lipinski definition) is 2. The number of halogens is 1. The number of amides is 1. The van der Waals surface area contributed by atoms with Gasteiger partial charge in [-0.05, 0) is 43.0 Å². The number of nitrogens with zero attached hydrogens (tertiary/aromatic N) is 6. The zero-order chi connectivity index (χ0) is 24.6. The summed E-state index contributed by atoms with van der Waals surface area (Å²) >= 11 is 0. The van der Waals surface area contributed by atoms with E-state index in [0.717, 1.165) is 36.2 Å². The lowest BCUT2D eigenvalue weighted by Gasteiger charge is -2.25. The number of anilines is 1. The molecule has 2 N–H and O–H groups in total. The molecular weight excluding hydrogens is 500 g/mol. The van der Waals surface area contributed by atoms with Gasteiger partial charge in [0.1, 0.15) is 5.52 Å². The summed E-state index contributed by atoms with van der Waals surface area (Å²) in [5, 5.41) is 6.26. The Morgan fingerprint density at radius 2 is 2.03 bits per heavy atom. The van der Waals surface area contributed by atoms with Gasteiger partial charge in [-0.25, -0.2) is 24.5 Å². The van der Waals surface area contributed by atoms with Crippen molar-refractivity contribution in [1.29, 1.82) is 0 Å². The molecule has 1 aliphatic carbocycles. The van der Waals surface area contributed by atoms with Gasteiger partial charge in [-0.3, -0.25) is 9.59 Å². The first-order valence-corrected chi connectivity index (χ1v) is 11.5. The zero-order valence-corrected chi connectivity index (χ0v) is 20.6. The number of pyridine rings is 2. The zero-order valence-electron chi connectivity index (χ0n) is 19.8. The number of carbonyl (C=O) groups is 1. The van der Waals surface area contributed by atoms with Gasteiger partial charge in [0, 0.05) is 30.5 Å². The van der Waals surface area contributed by atoms with Crippen molar-refractivity contribution >= 4 is 35.3 Å². The Morgan fingerprint density at radius 1 is 1.14 bits per heavy atom. The Hall–Kier alpha value is -4.16. The molecule has 0 aromatic carbocycles. The molecule has 0 spiro atoms. The molecule has 0 saturated carbocycles. The van der Waals surface area contributed by atoms with Crippen molar-refractivity contribution in [2.45, 2.75) is 31.8 Å². The standard InChI is InChI=1S/C24H22N8O4.ClH/c1-35-20-7-5-17-23(31-20)32(21(34)11-26-17)24-27-9-13-8-14(2-4-16(13)29-24)25-10-15-3-6-18-22(28-15)30-19(33)12-36-18;/h3,5-7,9,11,14,25H,2,4,8,10,12H2,1H3,(H,28,30,33);1H. The van der Waals surface area contributed by atoms with Gasteiger partial charge in [0.25, 0.3) is 11.5 Å². The van der Waals surface area contributed by atoms with E-state index in [1.165, 1.54) is 17.9 Å². The van der Waals surface area contributed by atoms with Gasteiger partial charge in [0.2, 0.25) is 11.8 Å². The highest BCUT2D eigenvalue weighted by Gasteiger charge is 2.23. The van der Waals surface area contributed by atoms with Crippen molar-refractivity contribution < 1.29 is 14.3 Å². The molecule has 190 valence electrons. The second-order valence-corrected chi connectivity index (χ2v) is 8.58. The van der Waals surface area contributed by atoms with E-state index in [9.17, 15) is 9.59 Å². The highest BCUT2D eigenvalue weighted by atomic mass is 35.5. The monoisotopic (exact) mass is 522 g/mol. The van der Waals surface area contributed by atoms with E-state index in [2.05, 4.69) is 30.6 Å². The molecule has 12 nitrogen and oxygen atoms in total. The molecule has 1 aliphatic heterocycles. The number of nitrogens with one attached hydrogen (secondary N) is 2. The number of carbonyl (C=O) groups excluding carboxylic acids is 1. The highest BCUT2D eigenvalue weighted by Crippen LogP contribution is 2.26. The normalized spacial score (nSPS) is 16.1. The van der Waals surface area contributed by atoms with Crippen LogP contribution < -0.4 is 25.7 Å². The Balaban J connectivity index is 0.00000280. The van der Waals surface area contributed by atoms with Crippen LogP contribution in [0.2, 0.25) is 0 Å². The summed E-state index contributed by atoms with van der Waals surface area (Å²) in [5.41, 5.74) is 3.27. The number of methoxy groups -OCH3 is 1. The van der Waals surface area contributed by atoms with E-state index in [4.69, 9.17) is 14.5 Å². The average Bonchev–Trinajstić information content (AvgIpc) is 2.91. The van der Waals surface area contributed by atoms with E-state index < -0.39 is 0 Å². The van der Waals surface area contributed by atoms with Crippen LogP contribution in [-0.2, 0) is 24.2 Å². The lowest BCUT2D eigenvalue weighted by molar-refractivity contribution is -0.118. The van der Waals surface area contributed by atoms with Gasteiger partial charge >= 0.3 is 0 Å². The van der Waals surface area contributed by atoms with Gasteiger partial charge < -0.3 is 20.1 Å². The molecule has 0 bridgehead atoms. The number of aryl methyl sites for hydroxylation is 1. The van der Waals surface area contributed by atoms with Gasteiger partial charge in [0.15, 0.2) is 23.8 Å². The van der Waals surface area contributed by atoms with Gasteiger partial charge in [-0.15, -0.1) is 12.4 Å². The molecule has 0 radical (unpaired) electrons. The smallest absolute Gasteiger partial charge is 0.277 e. The van der Waals surface area contributed by atoms with Crippen molar-refractivity contribution in [1.82, 2.24) is 34.8 Å². The van der Waals surface area contributed by atoms with Crippen LogP contribution in [-0.4, -0.2) is 55.2 Å². The van der Waals surface area contributed by atoms with E-state index >= 15 is 0 Å². The molecule has 6 rings (SSSR count). The average molecular weight is 523 g/mol. The van der Waals surface area contributed by atoms with E-state index in [1.54, 1.807) is 18.3 Å².